The highest BCUT2D eigenvalue weighted by molar-refractivity contribution is 7.92. The standard InChI is InChI=1S/C16H17NO6S/c1-22-12-8-9-14(15(10-12)23-2)17(11-16(18)19)24(20,21)13-6-4-3-5-7-13/h3-10H,11H2,1-2H3,(H,18,19). The van der Waals surface area contributed by atoms with Crippen LogP contribution in [0.5, 0.6) is 11.5 Å². The van der Waals surface area contributed by atoms with Gasteiger partial charge in [0.25, 0.3) is 10.0 Å². The fourth-order valence-corrected chi connectivity index (χ4v) is 3.58. The lowest BCUT2D eigenvalue weighted by molar-refractivity contribution is -0.135. The summed E-state index contributed by atoms with van der Waals surface area (Å²) < 4.78 is 36.8. The minimum Gasteiger partial charge on any atom is -0.497 e. The predicted octanol–water partition coefficient (Wildman–Crippen LogP) is 1.98. The summed E-state index contributed by atoms with van der Waals surface area (Å²) in [5.41, 5.74) is 0.115. The molecule has 0 heterocycles. The Balaban J connectivity index is 2.60. The van der Waals surface area contributed by atoms with Gasteiger partial charge in [-0.3, -0.25) is 9.10 Å². The molecule has 0 aliphatic carbocycles. The minimum atomic E-state index is -4.07. The van der Waals surface area contributed by atoms with Crippen LogP contribution in [0.25, 0.3) is 0 Å². The van der Waals surface area contributed by atoms with Gasteiger partial charge >= 0.3 is 5.97 Å². The number of benzene rings is 2. The number of hydrogen-bond acceptors (Lipinski definition) is 5. The first-order valence-corrected chi connectivity index (χ1v) is 8.35. The van der Waals surface area contributed by atoms with Crippen LogP contribution in [0, 0.1) is 0 Å². The molecule has 0 spiro atoms. The molecule has 2 aromatic rings. The van der Waals surface area contributed by atoms with Gasteiger partial charge in [-0.2, -0.15) is 0 Å². The molecule has 0 amide bonds. The van der Waals surface area contributed by atoms with E-state index < -0.39 is 22.5 Å². The SMILES string of the molecule is COc1ccc(N(CC(=O)O)S(=O)(=O)c2ccccc2)c(OC)c1. The summed E-state index contributed by atoms with van der Waals surface area (Å²) in [6, 6.07) is 12.1. The Morgan fingerprint density at radius 3 is 2.29 bits per heavy atom. The fourth-order valence-electron chi connectivity index (χ4n) is 2.13. The van der Waals surface area contributed by atoms with Gasteiger partial charge in [-0.1, -0.05) is 18.2 Å². The van der Waals surface area contributed by atoms with Gasteiger partial charge in [0.15, 0.2) is 0 Å². The molecular weight excluding hydrogens is 334 g/mol. The summed E-state index contributed by atoms with van der Waals surface area (Å²) in [6.07, 6.45) is 0. The molecule has 1 N–H and O–H groups in total. The van der Waals surface area contributed by atoms with Gasteiger partial charge in [-0.05, 0) is 24.3 Å². The van der Waals surface area contributed by atoms with Crippen LogP contribution in [0.15, 0.2) is 53.4 Å². The van der Waals surface area contributed by atoms with E-state index in [1.807, 2.05) is 0 Å². The first kappa shape index (κ1) is 17.6. The van der Waals surface area contributed by atoms with Gasteiger partial charge in [-0.25, -0.2) is 8.42 Å². The highest BCUT2D eigenvalue weighted by Crippen LogP contribution is 2.35. The molecule has 0 atom stereocenters. The van der Waals surface area contributed by atoms with E-state index in [4.69, 9.17) is 14.6 Å². The second-order valence-electron chi connectivity index (χ2n) is 4.76. The smallest absolute Gasteiger partial charge is 0.324 e. The van der Waals surface area contributed by atoms with Gasteiger partial charge in [0.1, 0.15) is 18.0 Å². The van der Waals surface area contributed by atoms with E-state index in [-0.39, 0.29) is 16.3 Å². The van der Waals surface area contributed by atoms with E-state index in [9.17, 15) is 13.2 Å². The lowest BCUT2D eigenvalue weighted by Gasteiger charge is -2.24. The van der Waals surface area contributed by atoms with E-state index in [0.29, 0.717) is 5.75 Å². The number of nitrogens with zero attached hydrogens (tertiary/aromatic N) is 1. The van der Waals surface area contributed by atoms with Gasteiger partial charge in [-0.15, -0.1) is 0 Å². The Kier molecular flexibility index (Phi) is 5.30. The van der Waals surface area contributed by atoms with Crippen LogP contribution in [0.2, 0.25) is 0 Å². The van der Waals surface area contributed by atoms with Gasteiger partial charge in [0, 0.05) is 6.07 Å². The van der Waals surface area contributed by atoms with Crippen LogP contribution in [-0.2, 0) is 14.8 Å². The van der Waals surface area contributed by atoms with Crippen molar-refractivity contribution in [1.29, 1.82) is 0 Å². The predicted molar refractivity (Wildman–Crippen MR) is 88.2 cm³/mol. The maximum absolute atomic E-state index is 12.9. The molecule has 0 aromatic heterocycles. The average molecular weight is 351 g/mol. The van der Waals surface area contributed by atoms with Crippen LogP contribution in [0.4, 0.5) is 5.69 Å². The number of ether oxygens (including phenoxy) is 2. The van der Waals surface area contributed by atoms with E-state index in [2.05, 4.69) is 0 Å². The van der Waals surface area contributed by atoms with Crippen LogP contribution in [0.3, 0.4) is 0 Å². The lowest BCUT2D eigenvalue weighted by Crippen LogP contribution is -2.36. The highest BCUT2D eigenvalue weighted by atomic mass is 32.2. The quantitative estimate of drug-likeness (QED) is 0.820. The molecule has 2 rings (SSSR count). The van der Waals surface area contributed by atoms with E-state index in [1.165, 1.54) is 44.6 Å². The third-order valence-corrected chi connectivity index (χ3v) is 5.04. The van der Waals surface area contributed by atoms with E-state index in [1.54, 1.807) is 18.2 Å². The van der Waals surface area contributed by atoms with E-state index >= 15 is 0 Å². The molecule has 7 nitrogen and oxygen atoms in total. The Labute approximate surface area is 140 Å². The number of hydrogen-bond donors (Lipinski definition) is 1. The van der Waals surface area contributed by atoms with Gasteiger partial charge in [0.05, 0.1) is 24.8 Å². The maximum atomic E-state index is 12.9. The number of carbonyl (C=O) groups is 1. The van der Waals surface area contributed by atoms with Crippen molar-refractivity contribution in [2.45, 2.75) is 4.90 Å². The van der Waals surface area contributed by atoms with Crippen LogP contribution in [0.1, 0.15) is 0 Å². The fraction of sp³-hybridized carbons (Fsp3) is 0.188. The average Bonchev–Trinajstić information content (AvgIpc) is 2.59. The molecule has 0 aliphatic heterocycles. The molecule has 24 heavy (non-hydrogen) atoms. The molecule has 128 valence electrons. The highest BCUT2D eigenvalue weighted by Gasteiger charge is 2.29. The summed E-state index contributed by atoms with van der Waals surface area (Å²) in [5.74, 6) is -0.634. The Morgan fingerprint density at radius 1 is 1.08 bits per heavy atom. The summed E-state index contributed by atoms with van der Waals surface area (Å²) in [4.78, 5) is 11.2. The van der Waals surface area contributed by atoms with Crippen molar-refractivity contribution in [2.24, 2.45) is 0 Å². The molecule has 0 aliphatic rings. The third kappa shape index (κ3) is 3.60. The Hall–Kier alpha value is -2.74. The Bertz CT molecular complexity index is 820. The molecule has 0 radical (unpaired) electrons. The minimum absolute atomic E-state index is 0.0101. The topological polar surface area (TPSA) is 93.1 Å². The molecular formula is C16H17NO6S. The zero-order valence-electron chi connectivity index (χ0n) is 13.2. The molecule has 8 heteroatoms. The number of anilines is 1. The number of aliphatic carboxylic acids is 1. The van der Waals surface area contributed by atoms with Crippen LogP contribution < -0.4 is 13.8 Å². The van der Waals surface area contributed by atoms with Crippen molar-refractivity contribution in [1.82, 2.24) is 0 Å². The zero-order valence-corrected chi connectivity index (χ0v) is 14.0. The monoisotopic (exact) mass is 351 g/mol. The summed E-state index contributed by atoms with van der Waals surface area (Å²) in [5, 5.41) is 9.15. The summed E-state index contributed by atoms with van der Waals surface area (Å²) >= 11 is 0. The van der Waals surface area contributed by atoms with Crippen molar-refractivity contribution in [2.75, 3.05) is 25.1 Å². The number of carboxylic acid groups (broad SMARTS) is 1. The van der Waals surface area contributed by atoms with Crippen molar-refractivity contribution in [3.8, 4) is 11.5 Å². The molecule has 0 fully saturated rings. The lowest BCUT2D eigenvalue weighted by atomic mass is 10.2. The second-order valence-corrected chi connectivity index (χ2v) is 6.62. The molecule has 2 aromatic carbocycles. The van der Waals surface area contributed by atoms with E-state index in [0.717, 1.165) is 4.31 Å². The van der Waals surface area contributed by atoms with Crippen molar-refractivity contribution >= 4 is 21.7 Å². The zero-order chi connectivity index (χ0) is 17.7. The molecule has 0 unspecified atom stereocenters. The van der Waals surface area contributed by atoms with Gasteiger partial charge < -0.3 is 14.6 Å². The largest absolute Gasteiger partial charge is 0.497 e. The number of methoxy groups -OCH3 is 2. The van der Waals surface area contributed by atoms with Crippen LogP contribution >= 0.6 is 0 Å². The molecule has 0 saturated carbocycles. The maximum Gasteiger partial charge on any atom is 0.324 e. The Morgan fingerprint density at radius 2 is 1.75 bits per heavy atom. The number of rotatable bonds is 7. The number of sulfonamides is 1. The molecule has 0 saturated heterocycles. The second kappa shape index (κ2) is 7.22. The van der Waals surface area contributed by atoms with Crippen molar-refractivity contribution in [3.05, 3.63) is 48.5 Å². The number of carboxylic acids is 1. The van der Waals surface area contributed by atoms with Crippen LogP contribution in [-0.4, -0.2) is 40.3 Å². The third-order valence-electron chi connectivity index (χ3n) is 3.27. The molecule has 0 bridgehead atoms. The summed E-state index contributed by atoms with van der Waals surface area (Å²) in [7, 11) is -1.24. The normalized spacial score (nSPS) is 10.9. The first-order chi connectivity index (χ1) is 11.4. The van der Waals surface area contributed by atoms with Crippen molar-refractivity contribution < 1.29 is 27.8 Å². The van der Waals surface area contributed by atoms with Crippen molar-refractivity contribution in [3.63, 3.8) is 0 Å². The first-order valence-electron chi connectivity index (χ1n) is 6.91. The summed E-state index contributed by atoms with van der Waals surface area (Å²) in [6.45, 7) is -0.736. The van der Waals surface area contributed by atoms with Gasteiger partial charge in [0.2, 0.25) is 0 Å².